The monoisotopic (exact) mass is 440 g/mol. The van der Waals surface area contributed by atoms with Crippen molar-refractivity contribution in [2.45, 2.75) is 0 Å². The zero-order valence-electron chi connectivity index (χ0n) is 17.3. The molecule has 0 saturated heterocycles. The highest BCUT2D eigenvalue weighted by molar-refractivity contribution is 6.21. The van der Waals surface area contributed by atoms with E-state index < -0.39 is 17.8 Å². The summed E-state index contributed by atoms with van der Waals surface area (Å²) in [6.45, 7) is -0.196. The number of pyridine rings is 1. The third kappa shape index (κ3) is 3.74. The molecule has 5 rings (SSSR count). The third-order valence-corrected chi connectivity index (χ3v) is 5.50. The van der Waals surface area contributed by atoms with Crippen LogP contribution in [0.15, 0.2) is 78.9 Å². The predicted octanol–water partition coefficient (Wildman–Crippen LogP) is 4.49. The Morgan fingerprint density at radius 1 is 0.879 bits per heavy atom. The number of fused-ring (bicyclic) bond motifs is 2. The van der Waals surface area contributed by atoms with Crippen molar-refractivity contribution < 1.29 is 23.5 Å². The van der Waals surface area contributed by atoms with Crippen molar-refractivity contribution >= 4 is 28.7 Å². The molecule has 0 saturated carbocycles. The van der Waals surface area contributed by atoms with Gasteiger partial charge >= 0.3 is 5.97 Å². The van der Waals surface area contributed by atoms with E-state index >= 15 is 0 Å². The lowest BCUT2D eigenvalue weighted by Gasteiger charge is -2.14. The van der Waals surface area contributed by atoms with Crippen LogP contribution in [-0.2, 0) is 4.74 Å². The van der Waals surface area contributed by atoms with Crippen LogP contribution in [0.4, 0.5) is 4.39 Å². The maximum Gasteiger partial charge on any atom is 0.338 e. The molecule has 7 heteroatoms. The number of ether oxygens (including phenoxy) is 1. The van der Waals surface area contributed by atoms with Crippen molar-refractivity contribution in [3.8, 4) is 11.3 Å². The Morgan fingerprint density at radius 2 is 1.52 bits per heavy atom. The molecule has 0 spiro atoms. The fourth-order valence-electron chi connectivity index (χ4n) is 3.86. The van der Waals surface area contributed by atoms with Crippen molar-refractivity contribution in [1.29, 1.82) is 0 Å². The number of carbonyl (C=O) groups is 3. The number of hydrogen-bond donors (Lipinski definition) is 0. The molecular weight excluding hydrogens is 423 g/mol. The topological polar surface area (TPSA) is 76.6 Å². The number of amides is 2. The van der Waals surface area contributed by atoms with Crippen LogP contribution >= 0.6 is 0 Å². The largest absolute Gasteiger partial charge is 0.460 e. The van der Waals surface area contributed by atoms with Gasteiger partial charge in [0.25, 0.3) is 11.8 Å². The summed E-state index contributed by atoms with van der Waals surface area (Å²) in [5.41, 5.74) is 2.73. The molecule has 162 valence electrons. The molecule has 2 amide bonds. The number of rotatable bonds is 5. The van der Waals surface area contributed by atoms with Crippen molar-refractivity contribution in [2.24, 2.45) is 0 Å². The first-order valence-corrected chi connectivity index (χ1v) is 10.3. The third-order valence-electron chi connectivity index (χ3n) is 5.50. The van der Waals surface area contributed by atoms with E-state index in [0.29, 0.717) is 38.9 Å². The van der Waals surface area contributed by atoms with Crippen molar-refractivity contribution in [3.63, 3.8) is 0 Å². The molecule has 0 atom stereocenters. The highest BCUT2D eigenvalue weighted by Crippen LogP contribution is 2.26. The van der Waals surface area contributed by atoms with E-state index in [4.69, 9.17) is 4.74 Å². The summed E-state index contributed by atoms with van der Waals surface area (Å²) in [4.78, 5) is 43.6. The van der Waals surface area contributed by atoms with Gasteiger partial charge in [-0.1, -0.05) is 30.3 Å². The summed E-state index contributed by atoms with van der Waals surface area (Å²) in [6.07, 6.45) is 0. The van der Waals surface area contributed by atoms with Crippen LogP contribution in [0.2, 0.25) is 0 Å². The fourth-order valence-corrected chi connectivity index (χ4v) is 3.86. The zero-order valence-corrected chi connectivity index (χ0v) is 17.3. The Labute approximate surface area is 188 Å². The molecule has 0 N–H and O–H groups in total. The van der Waals surface area contributed by atoms with Crippen LogP contribution in [0.25, 0.3) is 22.2 Å². The van der Waals surface area contributed by atoms with Crippen molar-refractivity contribution in [2.75, 3.05) is 13.2 Å². The van der Waals surface area contributed by atoms with Gasteiger partial charge in [0.05, 0.1) is 34.4 Å². The lowest BCUT2D eigenvalue weighted by atomic mass is 10.0. The van der Waals surface area contributed by atoms with Crippen LogP contribution in [0, 0.1) is 5.82 Å². The molecule has 1 aliphatic rings. The van der Waals surface area contributed by atoms with Crippen LogP contribution in [0.3, 0.4) is 0 Å². The summed E-state index contributed by atoms with van der Waals surface area (Å²) in [5, 5.41) is 0.606. The van der Waals surface area contributed by atoms with E-state index in [1.54, 1.807) is 66.7 Å². The van der Waals surface area contributed by atoms with Gasteiger partial charge < -0.3 is 4.74 Å². The molecule has 2 heterocycles. The van der Waals surface area contributed by atoms with Crippen LogP contribution in [-0.4, -0.2) is 40.8 Å². The maximum atomic E-state index is 13.3. The number of nitrogens with zero attached hydrogens (tertiary/aromatic N) is 2. The zero-order chi connectivity index (χ0) is 22.9. The van der Waals surface area contributed by atoms with Gasteiger partial charge in [-0.15, -0.1) is 0 Å². The number of carbonyl (C=O) groups excluding carboxylic acids is 3. The number of halogens is 1. The lowest BCUT2D eigenvalue weighted by molar-refractivity contribution is 0.0422. The van der Waals surface area contributed by atoms with E-state index in [1.807, 2.05) is 0 Å². The Bertz CT molecular complexity index is 1380. The molecule has 1 aliphatic heterocycles. The van der Waals surface area contributed by atoms with E-state index in [9.17, 15) is 18.8 Å². The Balaban J connectivity index is 1.37. The Hall–Kier alpha value is -4.39. The summed E-state index contributed by atoms with van der Waals surface area (Å²) >= 11 is 0. The van der Waals surface area contributed by atoms with Crippen LogP contribution in [0.1, 0.15) is 31.1 Å². The van der Waals surface area contributed by atoms with Gasteiger partial charge in [-0.05, 0) is 48.5 Å². The minimum absolute atomic E-state index is 0.0497. The average Bonchev–Trinajstić information content (AvgIpc) is 3.08. The highest BCUT2D eigenvalue weighted by Gasteiger charge is 2.34. The molecule has 0 aliphatic carbocycles. The molecule has 33 heavy (non-hydrogen) atoms. The lowest BCUT2D eigenvalue weighted by Crippen LogP contribution is -2.33. The molecule has 3 aromatic carbocycles. The number of benzene rings is 3. The number of hydrogen-bond acceptors (Lipinski definition) is 5. The van der Waals surface area contributed by atoms with E-state index in [-0.39, 0.29) is 19.0 Å². The van der Waals surface area contributed by atoms with Crippen LogP contribution < -0.4 is 0 Å². The first-order valence-electron chi connectivity index (χ1n) is 10.3. The van der Waals surface area contributed by atoms with Crippen molar-refractivity contribution in [3.05, 3.63) is 101 Å². The normalized spacial score (nSPS) is 12.8. The molecule has 6 nitrogen and oxygen atoms in total. The second kappa shape index (κ2) is 8.27. The molecule has 0 radical (unpaired) electrons. The summed E-state index contributed by atoms with van der Waals surface area (Å²) < 4.78 is 18.8. The average molecular weight is 440 g/mol. The molecule has 0 bridgehead atoms. The minimum atomic E-state index is -0.603. The second-order valence-corrected chi connectivity index (χ2v) is 7.52. The smallest absolute Gasteiger partial charge is 0.338 e. The summed E-state index contributed by atoms with van der Waals surface area (Å²) in [5.74, 6) is -1.78. The van der Waals surface area contributed by atoms with Gasteiger partial charge in [-0.2, -0.15) is 0 Å². The number of para-hydroxylation sites is 1. The molecule has 0 unspecified atom stereocenters. The fraction of sp³-hybridized carbons (Fsp3) is 0.0769. The molecule has 4 aromatic rings. The van der Waals surface area contributed by atoms with Gasteiger partial charge in [0.15, 0.2) is 0 Å². The summed E-state index contributed by atoms with van der Waals surface area (Å²) in [6, 6.07) is 21.1. The highest BCUT2D eigenvalue weighted by atomic mass is 19.1. The van der Waals surface area contributed by atoms with Crippen LogP contribution in [0.5, 0.6) is 0 Å². The van der Waals surface area contributed by atoms with E-state index in [2.05, 4.69) is 4.98 Å². The predicted molar refractivity (Wildman–Crippen MR) is 119 cm³/mol. The number of esters is 1. The number of aromatic nitrogens is 1. The van der Waals surface area contributed by atoms with Gasteiger partial charge in [-0.25, -0.2) is 14.2 Å². The van der Waals surface area contributed by atoms with E-state index in [0.717, 1.165) is 4.90 Å². The van der Waals surface area contributed by atoms with E-state index in [1.165, 1.54) is 12.1 Å². The standard InChI is InChI=1S/C26H17FN2O4/c27-17-11-9-16(10-12-17)23-15-21(18-5-3-4-8-22(18)28-23)26(32)33-14-13-29-24(30)19-6-1-2-7-20(19)25(29)31/h1-12,15H,13-14H2. The maximum absolute atomic E-state index is 13.3. The van der Waals surface area contributed by atoms with Crippen molar-refractivity contribution in [1.82, 2.24) is 9.88 Å². The second-order valence-electron chi connectivity index (χ2n) is 7.52. The summed E-state index contributed by atoms with van der Waals surface area (Å²) in [7, 11) is 0. The first-order chi connectivity index (χ1) is 16.0. The Kier molecular flexibility index (Phi) is 5.14. The quantitative estimate of drug-likeness (QED) is 0.338. The van der Waals surface area contributed by atoms with Gasteiger partial charge in [0.2, 0.25) is 0 Å². The van der Waals surface area contributed by atoms with Gasteiger partial charge in [-0.3, -0.25) is 14.5 Å². The first kappa shape index (κ1) is 20.5. The van der Waals surface area contributed by atoms with Gasteiger partial charge in [0.1, 0.15) is 12.4 Å². The SMILES string of the molecule is O=C(OCCN1C(=O)c2ccccc2C1=O)c1cc(-c2ccc(F)cc2)nc2ccccc12. The minimum Gasteiger partial charge on any atom is -0.460 e. The molecular formula is C26H17FN2O4. The molecule has 0 fully saturated rings. The molecule has 1 aromatic heterocycles. The van der Waals surface area contributed by atoms with Gasteiger partial charge in [0, 0.05) is 10.9 Å². The number of imide groups is 1. The Morgan fingerprint density at radius 3 is 2.21 bits per heavy atom.